The molecule has 0 bridgehead atoms. The maximum atomic E-state index is 10.9. The minimum atomic E-state index is -3.05. The Morgan fingerprint density at radius 3 is 2.54 bits per heavy atom. The first-order valence-electron chi connectivity index (χ1n) is 4.14. The van der Waals surface area contributed by atoms with E-state index >= 15 is 0 Å². The van der Waals surface area contributed by atoms with E-state index < -0.39 is 10.0 Å². The third-order valence-electron chi connectivity index (χ3n) is 1.49. The lowest BCUT2D eigenvalue weighted by Crippen LogP contribution is -2.25. The monoisotopic (exact) mass is 289 g/mol. The van der Waals surface area contributed by atoms with Crippen LogP contribution in [0.2, 0.25) is 0 Å². The molecule has 0 aliphatic heterocycles. The highest BCUT2D eigenvalue weighted by atomic mass is 79.9. The van der Waals surface area contributed by atoms with Crippen molar-refractivity contribution >= 4 is 37.7 Å². The van der Waals surface area contributed by atoms with Gasteiger partial charge >= 0.3 is 0 Å². The van der Waals surface area contributed by atoms with E-state index in [0.29, 0.717) is 6.54 Å². The Balaban J connectivity index is 3.26. The molecule has 0 aliphatic carbocycles. The Morgan fingerprint density at radius 2 is 2.00 bits per heavy atom. The zero-order valence-electron chi connectivity index (χ0n) is 7.75. The first-order chi connectivity index (χ1) is 6.12. The van der Waals surface area contributed by atoms with Crippen LogP contribution in [0.5, 0.6) is 0 Å². The van der Waals surface area contributed by atoms with Gasteiger partial charge in [0.1, 0.15) is 4.66 Å². The minimum absolute atomic E-state index is 0.00912. The average molecular weight is 290 g/mol. The molecule has 3 nitrogen and oxygen atoms in total. The zero-order valence-corrected chi connectivity index (χ0v) is 11.0. The predicted octanol–water partition coefficient (Wildman–Crippen LogP) is 1.79. The van der Waals surface area contributed by atoms with Gasteiger partial charge in [-0.3, -0.25) is 0 Å². The van der Waals surface area contributed by atoms with E-state index in [2.05, 4.69) is 26.9 Å². The first kappa shape index (κ1) is 13.7. The molecule has 0 unspecified atom stereocenters. The predicted molar refractivity (Wildman–Crippen MR) is 62.9 cm³/mol. The lowest BCUT2D eigenvalue weighted by molar-refractivity contribution is 0.581. The van der Waals surface area contributed by atoms with Gasteiger partial charge in [-0.25, -0.2) is 13.1 Å². The van der Waals surface area contributed by atoms with Crippen molar-refractivity contribution < 1.29 is 8.42 Å². The van der Waals surface area contributed by atoms with Crippen molar-refractivity contribution in [2.75, 3.05) is 23.2 Å². The van der Waals surface area contributed by atoms with Gasteiger partial charge in [0, 0.05) is 6.54 Å². The highest BCUT2D eigenvalue weighted by Crippen LogP contribution is 2.01. The number of hydrogen-bond acceptors (Lipinski definition) is 3. The molecule has 0 saturated carbocycles. The molecule has 0 saturated heterocycles. The molecule has 0 radical (unpaired) electrons. The van der Waals surface area contributed by atoms with E-state index in [1.54, 1.807) is 0 Å². The molecular weight excluding hydrogens is 274 g/mol. The zero-order chi connectivity index (χ0) is 10.2. The van der Waals surface area contributed by atoms with Crippen LogP contribution in [0.15, 0.2) is 0 Å². The molecule has 0 aromatic carbocycles. The van der Waals surface area contributed by atoms with Gasteiger partial charge in [-0.15, -0.1) is 0 Å². The molecule has 0 amide bonds. The topological polar surface area (TPSA) is 46.2 Å². The summed E-state index contributed by atoms with van der Waals surface area (Å²) >= 11 is 4.73. The van der Waals surface area contributed by atoms with Gasteiger partial charge in [-0.2, -0.15) is 11.8 Å². The molecule has 13 heavy (non-hydrogen) atoms. The fraction of sp³-hybridized carbons (Fsp3) is 1.00. The summed E-state index contributed by atoms with van der Waals surface area (Å²) in [4.78, 5) is 0. The fourth-order valence-corrected chi connectivity index (χ4v) is 2.33. The fourth-order valence-electron chi connectivity index (χ4n) is 0.814. The summed E-state index contributed by atoms with van der Waals surface area (Å²) in [6.45, 7) is 0.558. The number of rotatable bonds is 8. The van der Waals surface area contributed by atoms with Crippen molar-refractivity contribution in [3.05, 3.63) is 0 Å². The third kappa shape index (κ3) is 9.05. The van der Waals surface area contributed by atoms with Gasteiger partial charge in [0.25, 0.3) is 0 Å². The van der Waals surface area contributed by atoms with Crippen molar-refractivity contribution in [3.8, 4) is 0 Å². The highest BCUT2D eigenvalue weighted by molar-refractivity contribution is 9.10. The third-order valence-corrected chi connectivity index (χ3v) is 4.93. The molecule has 0 heterocycles. The normalized spacial score (nSPS) is 11.8. The van der Waals surface area contributed by atoms with Gasteiger partial charge < -0.3 is 0 Å². The van der Waals surface area contributed by atoms with Crippen molar-refractivity contribution in [3.63, 3.8) is 0 Å². The largest absolute Gasteiger partial charge is 0.221 e. The molecule has 6 heteroatoms. The van der Waals surface area contributed by atoms with Gasteiger partial charge in [0.2, 0.25) is 10.0 Å². The van der Waals surface area contributed by atoms with Crippen LogP contribution in [0, 0.1) is 0 Å². The SMILES string of the molecule is CSCCCCCNS(=O)(=O)CBr. The van der Waals surface area contributed by atoms with Gasteiger partial charge in [-0.05, 0) is 24.9 Å². The molecule has 0 fully saturated rings. The number of thioether (sulfide) groups is 1. The Kier molecular flexibility index (Phi) is 8.54. The number of nitrogens with one attached hydrogen (secondary N) is 1. The number of sulfonamides is 1. The quantitative estimate of drug-likeness (QED) is 0.547. The van der Waals surface area contributed by atoms with E-state index in [-0.39, 0.29) is 4.66 Å². The second-order valence-electron chi connectivity index (χ2n) is 2.67. The summed E-state index contributed by atoms with van der Waals surface area (Å²) in [7, 11) is -3.05. The lowest BCUT2D eigenvalue weighted by Gasteiger charge is -2.02. The average Bonchev–Trinajstić information content (AvgIpc) is 2.11. The molecule has 80 valence electrons. The number of unbranched alkanes of at least 4 members (excludes halogenated alkanes) is 2. The molecule has 1 N–H and O–H groups in total. The van der Waals surface area contributed by atoms with Gasteiger partial charge in [-0.1, -0.05) is 22.4 Å². The second-order valence-corrected chi connectivity index (χ2v) is 6.77. The van der Waals surface area contributed by atoms with Crippen molar-refractivity contribution in [2.45, 2.75) is 19.3 Å². The number of halogens is 1. The molecular formula is C7H16BrNO2S2. The Labute approximate surface area is 93.2 Å². The summed E-state index contributed by atoms with van der Waals surface area (Å²) < 4.78 is 24.3. The van der Waals surface area contributed by atoms with Gasteiger partial charge in [0.05, 0.1) is 0 Å². The molecule has 0 spiro atoms. The van der Waals surface area contributed by atoms with Crippen LogP contribution in [0.25, 0.3) is 0 Å². The number of hydrogen-bond donors (Lipinski definition) is 1. The lowest BCUT2D eigenvalue weighted by atomic mass is 10.2. The van der Waals surface area contributed by atoms with E-state index in [9.17, 15) is 8.42 Å². The smallest absolute Gasteiger partial charge is 0.215 e. The molecule has 0 rings (SSSR count). The summed E-state index contributed by atoms with van der Waals surface area (Å²) in [5, 5.41) is 0. The summed E-state index contributed by atoms with van der Waals surface area (Å²) in [6, 6.07) is 0. The van der Waals surface area contributed by atoms with Crippen LogP contribution in [0.4, 0.5) is 0 Å². The molecule has 0 atom stereocenters. The molecule has 0 aliphatic rings. The maximum absolute atomic E-state index is 10.9. The Bertz CT molecular complexity index is 207. The van der Waals surface area contributed by atoms with Crippen LogP contribution in [0.1, 0.15) is 19.3 Å². The summed E-state index contributed by atoms with van der Waals surface area (Å²) in [5.41, 5.74) is 0. The Hall–Kier alpha value is 0.740. The van der Waals surface area contributed by atoms with E-state index in [0.717, 1.165) is 25.0 Å². The number of alkyl halides is 1. The van der Waals surface area contributed by atoms with Crippen LogP contribution in [-0.2, 0) is 10.0 Å². The first-order valence-corrected chi connectivity index (χ1v) is 8.31. The minimum Gasteiger partial charge on any atom is -0.215 e. The van der Waals surface area contributed by atoms with Crippen LogP contribution in [0.3, 0.4) is 0 Å². The van der Waals surface area contributed by atoms with E-state index in [1.165, 1.54) is 0 Å². The van der Waals surface area contributed by atoms with Crippen LogP contribution < -0.4 is 4.72 Å². The van der Waals surface area contributed by atoms with E-state index in [4.69, 9.17) is 0 Å². The van der Waals surface area contributed by atoms with Crippen molar-refractivity contribution in [1.82, 2.24) is 4.72 Å². The molecule has 0 aromatic heterocycles. The molecule has 0 aromatic rings. The summed E-state index contributed by atoms with van der Waals surface area (Å²) in [5.74, 6) is 1.16. The van der Waals surface area contributed by atoms with Crippen LogP contribution >= 0.6 is 27.7 Å². The Morgan fingerprint density at radius 1 is 1.31 bits per heavy atom. The maximum Gasteiger partial charge on any atom is 0.221 e. The van der Waals surface area contributed by atoms with E-state index in [1.807, 2.05) is 11.8 Å². The van der Waals surface area contributed by atoms with Gasteiger partial charge in [0.15, 0.2) is 0 Å². The van der Waals surface area contributed by atoms with Crippen molar-refractivity contribution in [1.29, 1.82) is 0 Å². The summed E-state index contributed by atoms with van der Waals surface area (Å²) in [6.07, 6.45) is 5.25. The standard InChI is InChI=1S/C7H16BrNO2S2/c1-12-6-4-2-3-5-9-13(10,11)7-8/h9H,2-7H2,1H3. The highest BCUT2D eigenvalue weighted by Gasteiger charge is 2.04. The van der Waals surface area contributed by atoms with Crippen LogP contribution in [-0.4, -0.2) is 31.6 Å². The second kappa shape index (κ2) is 8.08. The van der Waals surface area contributed by atoms with Crippen molar-refractivity contribution in [2.24, 2.45) is 0 Å².